The lowest BCUT2D eigenvalue weighted by molar-refractivity contribution is 0.215. The molecular weight excluding hydrogens is 242 g/mol. The largest absolute Gasteiger partial charge is 0.315 e. The molecule has 0 amide bonds. The third kappa shape index (κ3) is 5.08. The van der Waals surface area contributed by atoms with E-state index in [0.29, 0.717) is 4.75 Å². The SMILES string of the molecule is CC1(C)CCN(CCN2CCCNCC2)CCS1. The van der Waals surface area contributed by atoms with Gasteiger partial charge in [-0.25, -0.2) is 0 Å². The normalized spacial score (nSPS) is 27.7. The van der Waals surface area contributed by atoms with Crippen LogP contribution in [0.2, 0.25) is 0 Å². The Hall–Kier alpha value is 0.230. The summed E-state index contributed by atoms with van der Waals surface area (Å²) in [7, 11) is 0. The summed E-state index contributed by atoms with van der Waals surface area (Å²) >= 11 is 2.14. The number of hydrogen-bond acceptors (Lipinski definition) is 4. The number of hydrogen-bond donors (Lipinski definition) is 1. The molecule has 4 heteroatoms. The van der Waals surface area contributed by atoms with Gasteiger partial charge in [-0.3, -0.25) is 0 Å². The van der Waals surface area contributed by atoms with Gasteiger partial charge in [0.05, 0.1) is 0 Å². The number of nitrogens with one attached hydrogen (secondary N) is 1. The Labute approximate surface area is 117 Å². The molecule has 0 spiro atoms. The lowest BCUT2D eigenvalue weighted by Gasteiger charge is -2.26. The van der Waals surface area contributed by atoms with Crippen molar-refractivity contribution < 1.29 is 0 Å². The van der Waals surface area contributed by atoms with Gasteiger partial charge < -0.3 is 15.1 Å². The molecule has 0 bridgehead atoms. The highest BCUT2D eigenvalue weighted by Crippen LogP contribution is 2.30. The van der Waals surface area contributed by atoms with E-state index in [1.54, 1.807) is 0 Å². The zero-order chi connectivity index (χ0) is 12.8. The predicted octanol–water partition coefficient (Wildman–Crippen LogP) is 1.50. The molecule has 0 aromatic rings. The summed E-state index contributed by atoms with van der Waals surface area (Å²) < 4.78 is 0.487. The Balaban J connectivity index is 1.69. The summed E-state index contributed by atoms with van der Waals surface area (Å²) in [6.45, 7) is 14.7. The lowest BCUT2D eigenvalue weighted by atomic mass is 10.1. The van der Waals surface area contributed by atoms with Gasteiger partial charge in [-0.05, 0) is 32.5 Å². The van der Waals surface area contributed by atoms with Crippen LogP contribution >= 0.6 is 11.8 Å². The van der Waals surface area contributed by atoms with E-state index in [4.69, 9.17) is 0 Å². The molecule has 0 aromatic carbocycles. The Bertz CT molecular complexity index is 237. The molecule has 0 aliphatic carbocycles. The van der Waals surface area contributed by atoms with Crippen LogP contribution in [-0.2, 0) is 0 Å². The molecule has 0 atom stereocenters. The second-order valence-electron chi connectivity index (χ2n) is 6.14. The summed E-state index contributed by atoms with van der Waals surface area (Å²) in [5.41, 5.74) is 0. The first-order chi connectivity index (χ1) is 8.66. The van der Waals surface area contributed by atoms with Crippen molar-refractivity contribution in [1.29, 1.82) is 0 Å². The quantitative estimate of drug-likeness (QED) is 0.838. The molecule has 0 aromatic heterocycles. The summed E-state index contributed by atoms with van der Waals surface area (Å²) in [6.07, 6.45) is 2.64. The van der Waals surface area contributed by atoms with E-state index in [1.807, 2.05) is 0 Å². The van der Waals surface area contributed by atoms with Gasteiger partial charge in [0.1, 0.15) is 0 Å². The van der Waals surface area contributed by atoms with Crippen molar-refractivity contribution in [1.82, 2.24) is 15.1 Å². The fraction of sp³-hybridized carbons (Fsp3) is 1.00. The summed E-state index contributed by atoms with van der Waals surface area (Å²) in [4.78, 5) is 5.29. The minimum atomic E-state index is 0.487. The molecule has 2 saturated heterocycles. The van der Waals surface area contributed by atoms with Crippen molar-refractivity contribution in [2.45, 2.75) is 31.4 Å². The second-order valence-corrected chi connectivity index (χ2v) is 7.95. The molecular formula is C14H29N3S. The highest BCUT2D eigenvalue weighted by atomic mass is 32.2. The van der Waals surface area contributed by atoms with Crippen molar-refractivity contribution in [3.63, 3.8) is 0 Å². The fourth-order valence-corrected chi connectivity index (χ4v) is 3.83. The van der Waals surface area contributed by atoms with Gasteiger partial charge in [-0.15, -0.1) is 0 Å². The Morgan fingerprint density at radius 1 is 1.00 bits per heavy atom. The third-order valence-electron chi connectivity index (χ3n) is 4.10. The molecule has 3 nitrogen and oxygen atoms in total. The summed E-state index contributed by atoms with van der Waals surface area (Å²) in [5, 5.41) is 3.48. The number of thioether (sulfide) groups is 1. The van der Waals surface area contributed by atoms with Crippen molar-refractivity contribution in [2.75, 3.05) is 58.1 Å². The molecule has 2 heterocycles. The van der Waals surface area contributed by atoms with Crippen LogP contribution < -0.4 is 5.32 Å². The van der Waals surface area contributed by atoms with Crippen molar-refractivity contribution >= 4 is 11.8 Å². The molecule has 106 valence electrons. The van der Waals surface area contributed by atoms with Crippen LogP contribution in [0.4, 0.5) is 0 Å². The molecule has 2 fully saturated rings. The van der Waals surface area contributed by atoms with E-state index in [0.717, 1.165) is 0 Å². The number of rotatable bonds is 3. The maximum Gasteiger partial charge on any atom is 0.0116 e. The summed E-state index contributed by atoms with van der Waals surface area (Å²) in [5.74, 6) is 1.30. The van der Waals surface area contributed by atoms with E-state index in [1.165, 1.54) is 71.0 Å². The summed E-state index contributed by atoms with van der Waals surface area (Å²) in [6, 6.07) is 0. The van der Waals surface area contributed by atoms with Crippen LogP contribution in [0.3, 0.4) is 0 Å². The topological polar surface area (TPSA) is 18.5 Å². The zero-order valence-electron chi connectivity index (χ0n) is 12.1. The molecule has 0 unspecified atom stereocenters. The van der Waals surface area contributed by atoms with E-state index in [2.05, 4.69) is 40.7 Å². The first-order valence-electron chi connectivity index (χ1n) is 7.45. The highest BCUT2D eigenvalue weighted by molar-refractivity contribution is 8.00. The molecule has 2 aliphatic rings. The van der Waals surface area contributed by atoms with Crippen LogP contribution in [-0.4, -0.2) is 72.7 Å². The Morgan fingerprint density at radius 3 is 2.61 bits per heavy atom. The van der Waals surface area contributed by atoms with Gasteiger partial charge in [0.25, 0.3) is 0 Å². The third-order valence-corrected chi connectivity index (χ3v) is 5.47. The van der Waals surface area contributed by atoms with E-state index >= 15 is 0 Å². The van der Waals surface area contributed by atoms with Crippen molar-refractivity contribution in [3.05, 3.63) is 0 Å². The highest BCUT2D eigenvalue weighted by Gasteiger charge is 2.23. The zero-order valence-corrected chi connectivity index (χ0v) is 12.9. The van der Waals surface area contributed by atoms with E-state index in [-0.39, 0.29) is 0 Å². The molecule has 18 heavy (non-hydrogen) atoms. The molecule has 2 rings (SSSR count). The smallest absolute Gasteiger partial charge is 0.0116 e. The van der Waals surface area contributed by atoms with Crippen LogP contribution in [0, 0.1) is 0 Å². The second kappa shape index (κ2) is 7.13. The number of nitrogens with zero attached hydrogens (tertiary/aromatic N) is 2. The predicted molar refractivity (Wildman–Crippen MR) is 81.5 cm³/mol. The average Bonchev–Trinajstić information content (AvgIpc) is 2.67. The van der Waals surface area contributed by atoms with Gasteiger partial charge in [0.2, 0.25) is 0 Å². The lowest BCUT2D eigenvalue weighted by Crippen LogP contribution is -2.38. The average molecular weight is 271 g/mol. The maximum atomic E-state index is 3.48. The minimum absolute atomic E-state index is 0.487. The Kier molecular flexibility index (Phi) is 5.80. The van der Waals surface area contributed by atoms with Crippen LogP contribution in [0.25, 0.3) is 0 Å². The first kappa shape index (κ1) is 14.6. The van der Waals surface area contributed by atoms with Crippen LogP contribution in [0.5, 0.6) is 0 Å². The Morgan fingerprint density at radius 2 is 1.78 bits per heavy atom. The van der Waals surface area contributed by atoms with Crippen molar-refractivity contribution in [3.8, 4) is 0 Å². The van der Waals surface area contributed by atoms with Crippen LogP contribution in [0.1, 0.15) is 26.7 Å². The van der Waals surface area contributed by atoms with Gasteiger partial charge in [0.15, 0.2) is 0 Å². The maximum absolute atomic E-state index is 3.48. The first-order valence-corrected chi connectivity index (χ1v) is 8.44. The standard InChI is InChI=1S/C14H29N3S/c1-14(2)4-8-17(12-13-18-14)11-10-16-7-3-5-15-6-9-16/h15H,3-13H2,1-2H3. The molecule has 0 saturated carbocycles. The van der Waals surface area contributed by atoms with E-state index < -0.39 is 0 Å². The van der Waals surface area contributed by atoms with Gasteiger partial charge >= 0.3 is 0 Å². The molecule has 1 N–H and O–H groups in total. The molecule has 0 radical (unpaired) electrons. The monoisotopic (exact) mass is 271 g/mol. The van der Waals surface area contributed by atoms with Crippen molar-refractivity contribution in [2.24, 2.45) is 0 Å². The fourth-order valence-electron chi connectivity index (χ4n) is 2.69. The molecule has 2 aliphatic heterocycles. The van der Waals surface area contributed by atoms with Gasteiger partial charge in [-0.2, -0.15) is 11.8 Å². The van der Waals surface area contributed by atoms with Gasteiger partial charge in [-0.1, -0.05) is 13.8 Å². The minimum Gasteiger partial charge on any atom is -0.315 e. The van der Waals surface area contributed by atoms with Crippen LogP contribution in [0.15, 0.2) is 0 Å². The van der Waals surface area contributed by atoms with E-state index in [9.17, 15) is 0 Å². The van der Waals surface area contributed by atoms with Gasteiger partial charge in [0, 0.05) is 43.2 Å².